The van der Waals surface area contributed by atoms with Gasteiger partial charge in [-0.1, -0.05) is 11.6 Å². The van der Waals surface area contributed by atoms with E-state index in [2.05, 4.69) is 9.98 Å². The van der Waals surface area contributed by atoms with Crippen LogP contribution in [0.2, 0.25) is 5.02 Å². The van der Waals surface area contributed by atoms with Gasteiger partial charge >= 0.3 is 0 Å². The molecule has 2 N–H and O–H groups in total. The Bertz CT molecular complexity index is 1000. The van der Waals surface area contributed by atoms with Crippen LogP contribution in [0.5, 0.6) is 17.2 Å². The summed E-state index contributed by atoms with van der Waals surface area (Å²) in [4.78, 5) is 8.79. The van der Waals surface area contributed by atoms with Crippen LogP contribution in [-0.2, 0) is 11.3 Å². The molecule has 0 amide bonds. The minimum atomic E-state index is -0.0388. The molecule has 0 fully saturated rings. The van der Waals surface area contributed by atoms with Gasteiger partial charge in [-0.15, -0.1) is 11.3 Å². The Hall–Kier alpha value is -2.61. The number of aromatic hydroxyl groups is 2. The number of nitrogens with zero attached hydrogens (tertiary/aromatic N) is 2. The van der Waals surface area contributed by atoms with E-state index in [1.54, 1.807) is 23.7 Å². The molecule has 2 aromatic carbocycles. The largest absolute Gasteiger partial charge is 0.508 e. The Kier molecular flexibility index (Phi) is 4.50. The Labute approximate surface area is 158 Å². The SMILES string of the molecule is Oc1ccc(-c2csc(N=Cc3cc(Cl)cc4c3OCOC4)n2)c(O)c1. The number of phenolic OH excluding ortho intramolecular Hbond substituents is 2. The molecule has 0 saturated carbocycles. The molecule has 0 spiro atoms. The fourth-order valence-corrected chi connectivity index (χ4v) is 3.52. The minimum absolute atomic E-state index is 0.00515. The van der Waals surface area contributed by atoms with Gasteiger partial charge in [0.25, 0.3) is 0 Å². The number of fused-ring (bicyclic) bond motifs is 1. The van der Waals surface area contributed by atoms with Gasteiger partial charge in [0, 0.05) is 39.4 Å². The van der Waals surface area contributed by atoms with E-state index >= 15 is 0 Å². The summed E-state index contributed by atoms with van der Waals surface area (Å²) >= 11 is 7.48. The average Bonchev–Trinajstić information content (AvgIpc) is 3.08. The molecule has 0 atom stereocenters. The molecule has 6 nitrogen and oxygen atoms in total. The van der Waals surface area contributed by atoms with E-state index in [4.69, 9.17) is 21.1 Å². The van der Waals surface area contributed by atoms with E-state index in [1.165, 1.54) is 23.5 Å². The molecule has 1 aliphatic rings. The summed E-state index contributed by atoms with van der Waals surface area (Å²) in [6.45, 7) is 0.634. The average molecular weight is 389 g/mol. The standard InChI is InChI=1S/C18H13ClN2O4S/c19-12-3-10(17-11(4-12)7-24-9-25-17)6-20-18-21-15(8-26-18)14-2-1-13(22)5-16(14)23/h1-6,8,22-23H,7,9H2. The maximum Gasteiger partial charge on any atom is 0.209 e. The number of aromatic nitrogens is 1. The summed E-state index contributed by atoms with van der Waals surface area (Å²) in [5.74, 6) is 0.662. The van der Waals surface area contributed by atoms with Crippen LogP contribution in [0.4, 0.5) is 5.13 Å². The van der Waals surface area contributed by atoms with Crippen molar-refractivity contribution in [1.29, 1.82) is 0 Å². The van der Waals surface area contributed by atoms with Crippen molar-refractivity contribution in [3.05, 3.63) is 51.9 Å². The van der Waals surface area contributed by atoms with Crippen molar-refractivity contribution in [2.45, 2.75) is 6.61 Å². The van der Waals surface area contributed by atoms with Crippen molar-refractivity contribution in [3.8, 4) is 28.5 Å². The Balaban J connectivity index is 1.63. The molecule has 0 saturated heterocycles. The fourth-order valence-electron chi connectivity index (χ4n) is 2.61. The zero-order valence-electron chi connectivity index (χ0n) is 13.3. The monoisotopic (exact) mass is 388 g/mol. The van der Waals surface area contributed by atoms with E-state index in [1.807, 2.05) is 6.07 Å². The van der Waals surface area contributed by atoms with Crippen molar-refractivity contribution in [1.82, 2.24) is 4.98 Å². The van der Waals surface area contributed by atoms with Gasteiger partial charge in [-0.2, -0.15) is 0 Å². The number of thiazole rings is 1. The highest BCUT2D eigenvalue weighted by atomic mass is 35.5. The van der Waals surface area contributed by atoms with Gasteiger partial charge in [0.1, 0.15) is 17.2 Å². The lowest BCUT2D eigenvalue weighted by molar-refractivity contribution is -0.0164. The van der Waals surface area contributed by atoms with E-state index in [-0.39, 0.29) is 18.3 Å². The topological polar surface area (TPSA) is 84.2 Å². The molecule has 132 valence electrons. The van der Waals surface area contributed by atoms with Gasteiger partial charge < -0.3 is 19.7 Å². The first kappa shape index (κ1) is 16.8. The Morgan fingerprint density at radius 2 is 2.12 bits per heavy atom. The number of halogens is 1. The van der Waals surface area contributed by atoms with Crippen LogP contribution in [0.1, 0.15) is 11.1 Å². The van der Waals surface area contributed by atoms with Gasteiger partial charge in [0.05, 0.1) is 12.3 Å². The molecule has 1 aromatic heterocycles. The van der Waals surface area contributed by atoms with Crippen LogP contribution in [0.25, 0.3) is 11.3 Å². The molecular weight excluding hydrogens is 376 g/mol. The lowest BCUT2D eigenvalue weighted by Gasteiger charge is -2.19. The Morgan fingerprint density at radius 1 is 1.23 bits per heavy atom. The van der Waals surface area contributed by atoms with Gasteiger partial charge in [-0.05, 0) is 24.3 Å². The van der Waals surface area contributed by atoms with Crippen molar-refractivity contribution in [2.75, 3.05) is 6.79 Å². The molecule has 0 unspecified atom stereocenters. The fraction of sp³-hybridized carbons (Fsp3) is 0.111. The van der Waals surface area contributed by atoms with Crippen molar-refractivity contribution in [3.63, 3.8) is 0 Å². The molecule has 26 heavy (non-hydrogen) atoms. The Morgan fingerprint density at radius 3 is 2.96 bits per heavy atom. The number of phenols is 2. The highest BCUT2D eigenvalue weighted by Gasteiger charge is 2.15. The third-order valence-electron chi connectivity index (χ3n) is 3.77. The van der Waals surface area contributed by atoms with Gasteiger partial charge in [0.2, 0.25) is 5.13 Å². The minimum Gasteiger partial charge on any atom is -0.508 e. The summed E-state index contributed by atoms with van der Waals surface area (Å²) in [6.07, 6.45) is 1.65. The molecule has 4 rings (SSSR count). The predicted octanol–water partition coefficient (Wildman–Crippen LogP) is 4.49. The van der Waals surface area contributed by atoms with Gasteiger partial charge in [-0.25, -0.2) is 9.98 Å². The van der Waals surface area contributed by atoms with Crippen molar-refractivity contribution in [2.24, 2.45) is 4.99 Å². The van der Waals surface area contributed by atoms with Crippen LogP contribution < -0.4 is 4.74 Å². The van der Waals surface area contributed by atoms with Crippen LogP contribution >= 0.6 is 22.9 Å². The summed E-state index contributed by atoms with van der Waals surface area (Å²) in [6, 6.07) is 7.96. The number of aliphatic imine (C=N–C) groups is 1. The van der Waals surface area contributed by atoms with Crippen LogP contribution in [-0.4, -0.2) is 28.2 Å². The first-order valence-corrected chi connectivity index (χ1v) is 8.91. The van der Waals surface area contributed by atoms with E-state index in [0.717, 1.165) is 11.1 Å². The maximum atomic E-state index is 9.95. The maximum absolute atomic E-state index is 9.95. The lowest BCUT2D eigenvalue weighted by atomic mass is 10.1. The first-order valence-electron chi connectivity index (χ1n) is 7.65. The van der Waals surface area contributed by atoms with Gasteiger partial charge in [0.15, 0.2) is 6.79 Å². The highest BCUT2D eigenvalue weighted by Crippen LogP contribution is 2.35. The van der Waals surface area contributed by atoms with Crippen LogP contribution in [0.3, 0.4) is 0 Å². The van der Waals surface area contributed by atoms with E-state index in [9.17, 15) is 10.2 Å². The number of rotatable bonds is 3. The zero-order valence-corrected chi connectivity index (χ0v) is 14.9. The van der Waals surface area contributed by atoms with Crippen molar-refractivity contribution < 1.29 is 19.7 Å². The second-order valence-corrected chi connectivity index (χ2v) is 6.84. The summed E-state index contributed by atoms with van der Waals surface area (Å²) < 4.78 is 10.8. The normalized spacial score (nSPS) is 13.6. The number of benzene rings is 2. The summed E-state index contributed by atoms with van der Waals surface area (Å²) in [7, 11) is 0. The molecule has 1 aliphatic heterocycles. The van der Waals surface area contributed by atoms with Gasteiger partial charge in [-0.3, -0.25) is 0 Å². The zero-order chi connectivity index (χ0) is 18.1. The van der Waals surface area contributed by atoms with Crippen LogP contribution in [0, 0.1) is 0 Å². The summed E-state index contributed by atoms with van der Waals surface area (Å²) in [5, 5.41) is 22.2. The first-order chi connectivity index (χ1) is 12.6. The third-order valence-corrected chi connectivity index (χ3v) is 4.73. The second kappa shape index (κ2) is 6.95. The smallest absolute Gasteiger partial charge is 0.209 e. The molecule has 2 heterocycles. The van der Waals surface area contributed by atoms with Crippen LogP contribution in [0.15, 0.2) is 40.7 Å². The third kappa shape index (κ3) is 3.37. The summed E-state index contributed by atoms with van der Waals surface area (Å²) in [5.41, 5.74) is 2.73. The number of hydrogen-bond donors (Lipinski definition) is 2. The predicted molar refractivity (Wildman–Crippen MR) is 99.9 cm³/mol. The lowest BCUT2D eigenvalue weighted by Crippen LogP contribution is -2.13. The van der Waals surface area contributed by atoms with E-state index in [0.29, 0.717) is 33.8 Å². The highest BCUT2D eigenvalue weighted by molar-refractivity contribution is 7.13. The molecule has 0 radical (unpaired) electrons. The molecule has 8 heteroatoms. The van der Waals surface area contributed by atoms with E-state index < -0.39 is 0 Å². The quantitative estimate of drug-likeness (QED) is 0.646. The molecular formula is C18H13ClN2O4S. The van der Waals surface area contributed by atoms with Crippen molar-refractivity contribution >= 4 is 34.3 Å². The molecule has 0 bridgehead atoms. The second-order valence-electron chi connectivity index (χ2n) is 5.57. The number of ether oxygens (including phenoxy) is 2. The molecule has 0 aliphatic carbocycles. The molecule has 3 aromatic rings. The number of hydrogen-bond acceptors (Lipinski definition) is 7.